The Balaban J connectivity index is 1.31. The molecule has 5 rings (SSSR count). The number of fused-ring (bicyclic) bond motifs is 1. The minimum atomic E-state index is -1.82. The Morgan fingerprint density at radius 3 is 2.49 bits per heavy atom. The average Bonchev–Trinajstić information content (AvgIpc) is 3.53. The lowest BCUT2D eigenvalue weighted by atomic mass is 9.83. The number of hydrogen-bond donors (Lipinski definition) is 2. The summed E-state index contributed by atoms with van der Waals surface area (Å²) in [6.45, 7) is 3.19. The molecule has 1 saturated heterocycles. The minimum Gasteiger partial charge on any atom is -0.395 e. The molecular formula is C34H36BrN3O5. The lowest BCUT2D eigenvalue weighted by Gasteiger charge is -2.28. The number of carbonyl (C=O) groups excluding carboxylic acids is 3. The second kappa shape index (κ2) is 13.2. The van der Waals surface area contributed by atoms with Crippen molar-refractivity contribution in [1.29, 1.82) is 0 Å². The van der Waals surface area contributed by atoms with Crippen molar-refractivity contribution < 1.29 is 24.6 Å². The number of hydrogen-bond acceptors (Lipinski definition) is 5. The van der Waals surface area contributed by atoms with Crippen molar-refractivity contribution in [2.75, 3.05) is 29.5 Å². The lowest BCUT2D eigenvalue weighted by molar-refractivity contribution is -0.139. The Morgan fingerprint density at radius 2 is 1.81 bits per heavy atom. The van der Waals surface area contributed by atoms with Crippen LogP contribution < -0.4 is 9.80 Å². The molecular weight excluding hydrogens is 610 g/mol. The van der Waals surface area contributed by atoms with Gasteiger partial charge in [0.2, 0.25) is 11.8 Å². The maximum absolute atomic E-state index is 13.9. The first-order chi connectivity index (χ1) is 20.7. The second-order valence-corrected chi connectivity index (χ2v) is 12.0. The Bertz CT molecular complexity index is 1510. The van der Waals surface area contributed by atoms with Gasteiger partial charge in [-0.05, 0) is 47.9 Å². The van der Waals surface area contributed by atoms with Crippen molar-refractivity contribution in [3.8, 4) is 0 Å². The van der Waals surface area contributed by atoms with Gasteiger partial charge in [-0.3, -0.25) is 14.4 Å². The van der Waals surface area contributed by atoms with Crippen LogP contribution in [-0.4, -0.2) is 52.5 Å². The monoisotopic (exact) mass is 645 g/mol. The lowest BCUT2D eigenvalue weighted by Crippen LogP contribution is -2.44. The highest BCUT2D eigenvalue weighted by Gasteiger charge is 2.52. The van der Waals surface area contributed by atoms with E-state index < -0.39 is 17.4 Å². The summed E-state index contributed by atoms with van der Waals surface area (Å²) in [5, 5.41) is 21.5. The first-order valence-electron chi connectivity index (χ1n) is 14.5. The van der Waals surface area contributed by atoms with Crippen molar-refractivity contribution in [2.45, 2.75) is 44.9 Å². The van der Waals surface area contributed by atoms with E-state index in [4.69, 9.17) is 0 Å². The molecule has 2 atom stereocenters. The van der Waals surface area contributed by atoms with Crippen LogP contribution in [0.2, 0.25) is 0 Å². The number of aliphatic hydroxyl groups is 2. The number of anilines is 2. The van der Waals surface area contributed by atoms with E-state index in [0.29, 0.717) is 30.8 Å². The van der Waals surface area contributed by atoms with Crippen LogP contribution in [0.3, 0.4) is 0 Å². The van der Waals surface area contributed by atoms with Crippen molar-refractivity contribution in [2.24, 2.45) is 5.92 Å². The molecule has 8 nitrogen and oxygen atoms in total. The van der Waals surface area contributed by atoms with E-state index in [0.717, 1.165) is 27.7 Å². The molecule has 0 saturated carbocycles. The molecule has 224 valence electrons. The molecule has 9 heteroatoms. The maximum Gasteiger partial charge on any atom is 0.264 e. The van der Waals surface area contributed by atoms with Crippen molar-refractivity contribution in [3.05, 3.63) is 106 Å². The topological polar surface area (TPSA) is 101 Å². The van der Waals surface area contributed by atoms with Crippen LogP contribution in [0.1, 0.15) is 42.9 Å². The molecule has 2 aliphatic rings. The molecule has 0 radical (unpaired) electrons. The zero-order valence-corrected chi connectivity index (χ0v) is 25.7. The summed E-state index contributed by atoms with van der Waals surface area (Å²) >= 11 is 3.49. The van der Waals surface area contributed by atoms with Crippen LogP contribution >= 0.6 is 15.9 Å². The summed E-state index contributed by atoms with van der Waals surface area (Å²) in [5.41, 5.74) is 1.99. The maximum atomic E-state index is 13.9. The van der Waals surface area contributed by atoms with E-state index in [-0.39, 0.29) is 37.9 Å². The predicted octanol–water partition coefficient (Wildman–Crippen LogP) is 4.91. The molecule has 2 heterocycles. The molecule has 1 fully saturated rings. The molecule has 3 amide bonds. The fourth-order valence-corrected chi connectivity index (χ4v) is 6.18. The van der Waals surface area contributed by atoms with Gasteiger partial charge in [0.05, 0.1) is 18.8 Å². The van der Waals surface area contributed by atoms with Crippen LogP contribution in [0, 0.1) is 5.92 Å². The quantitative estimate of drug-likeness (QED) is 0.289. The zero-order chi connectivity index (χ0) is 30.6. The van der Waals surface area contributed by atoms with Crippen LogP contribution in [0.15, 0.2) is 89.4 Å². The molecule has 0 spiro atoms. The summed E-state index contributed by atoms with van der Waals surface area (Å²) in [4.78, 5) is 44.0. The fourth-order valence-electron chi connectivity index (χ4n) is 5.82. The SMILES string of the molecule is C[C@@H](/C=C/CC(=O)N(CCO)Cc1ccccc1)[C@]1(O)C(=O)N(Cc2ccc(N3CCCC3=O)cc2)c2ccc(Br)cc21. The number of aliphatic hydroxyl groups excluding tert-OH is 1. The van der Waals surface area contributed by atoms with Crippen LogP contribution in [0.4, 0.5) is 11.4 Å². The molecule has 0 aromatic heterocycles. The molecule has 3 aromatic rings. The number of benzene rings is 3. The third-order valence-electron chi connectivity index (χ3n) is 8.21. The summed E-state index contributed by atoms with van der Waals surface area (Å²) in [6, 6.07) is 22.6. The number of carbonyl (C=O) groups is 3. The smallest absolute Gasteiger partial charge is 0.264 e. The van der Waals surface area contributed by atoms with Gasteiger partial charge in [0.15, 0.2) is 5.60 Å². The first-order valence-corrected chi connectivity index (χ1v) is 15.3. The van der Waals surface area contributed by atoms with E-state index in [9.17, 15) is 24.6 Å². The summed E-state index contributed by atoms with van der Waals surface area (Å²) in [5.74, 6) is -1.10. The molecule has 43 heavy (non-hydrogen) atoms. The Kier molecular flexibility index (Phi) is 9.44. The van der Waals surface area contributed by atoms with Crippen LogP contribution in [0.5, 0.6) is 0 Å². The Morgan fingerprint density at radius 1 is 1.07 bits per heavy atom. The number of amides is 3. The minimum absolute atomic E-state index is 0.0718. The zero-order valence-electron chi connectivity index (χ0n) is 24.2. The van der Waals surface area contributed by atoms with Crippen molar-refractivity contribution in [3.63, 3.8) is 0 Å². The summed E-state index contributed by atoms with van der Waals surface area (Å²) < 4.78 is 0.742. The van der Waals surface area contributed by atoms with Gasteiger partial charge >= 0.3 is 0 Å². The molecule has 0 bridgehead atoms. The standard InChI is InChI=1S/C34H36BrN3O5/c1-24(7-5-10-31(40)36(19-20-39)22-25-8-3-2-4-9-25)34(43)29-21-27(35)14-17-30(29)38(33(34)42)23-26-12-15-28(16-13-26)37-18-6-11-32(37)41/h2-5,7-9,12-17,21,24,39,43H,6,10-11,18-20,22-23H2,1H3/b7-5+/t24-,34+/m0/s1. The van der Waals surface area contributed by atoms with E-state index in [1.807, 2.05) is 66.7 Å². The largest absolute Gasteiger partial charge is 0.395 e. The van der Waals surface area contributed by atoms with Crippen molar-refractivity contribution in [1.82, 2.24) is 4.90 Å². The van der Waals surface area contributed by atoms with Gasteiger partial charge < -0.3 is 24.9 Å². The number of halogens is 1. The Labute approximate surface area is 260 Å². The van der Waals surface area contributed by atoms with Gasteiger partial charge in [0, 0.05) is 54.1 Å². The van der Waals surface area contributed by atoms with E-state index in [1.54, 1.807) is 39.8 Å². The third-order valence-corrected chi connectivity index (χ3v) is 8.70. The third kappa shape index (κ3) is 6.44. The van der Waals surface area contributed by atoms with E-state index in [1.165, 1.54) is 0 Å². The normalized spacial score (nSPS) is 18.9. The molecule has 2 aliphatic heterocycles. The average molecular weight is 647 g/mol. The van der Waals surface area contributed by atoms with E-state index in [2.05, 4.69) is 15.9 Å². The van der Waals surface area contributed by atoms with Gasteiger partial charge in [-0.2, -0.15) is 0 Å². The van der Waals surface area contributed by atoms with Gasteiger partial charge in [-0.25, -0.2) is 0 Å². The highest BCUT2D eigenvalue weighted by Crippen LogP contribution is 2.46. The highest BCUT2D eigenvalue weighted by atomic mass is 79.9. The summed E-state index contributed by atoms with van der Waals surface area (Å²) in [7, 11) is 0. The first kappa shape index (κ1) is 30.7. The number of rotatable bonds is 11. The van der Waals surface area contributed by atoms with Crippen LogP contribution in [-0.2, 0) is 33.1 Å². The van der Waals surface area contributed by atoms with Crippen LogP contribution in [0.25, 0.3) is 0 Å². The van der Waals surface area contributed by atoms with Gasteiger partial charge in [0.25, 0.3) is 5.91 Å². The van der Waals surface area contributed by atoms with E-state index >= 15 is 0 Å². The predicted molar refractivity (Wildman–Crippen MR) is 169 cm³/mol. The van der Waals surface area contributed by atoms with Gasteiger partial charge in [-0.1, -0.05) is 77.5 Å². The molecule has 3 aromatic carbocycles. The highest BCUT2D eigenvalue weighted by molar-refractivity contribution is 9.10. The van der Waals surface area contributed by atoms with Crippen molar-refractivity contribution >= 4 is 45.0 Å². The molecule has 0 aliphatic carbocycles. The molecule has 0 unspecified atom stereocenters. The fraction of sp³-hybridized carbons (Fsp3) is 0.324. The second-order valence-electron chi connectivity index (χ2n) is 11.1. The summed E-state index contributed by atoms with van der Waals surface area (Å²) in [6.07, 6.45) is 4.88. The number of nitrogens with zero attached hydrogens (tertiary/aromatic N) is 3. The Hall–Kier alpha value is -3.79. The van der Waals surface area contributed by atoms with Gasteiger partial charge in [0.1, 0.15) is 0 Å². The van der Waals surface area contributed by atoms with Gasteiger partial charge in [-0.15, -0.1) is 0 Å². The molecule has 2 N–H and O–H groups in total.